The maximum absolute atomic E-state index is 12.6. The van der Waals surface area contributed by atoms with Crippen LogP contribution in [0.15, 0.2) is 30.6 Å². The number of imidazole rings is 1. The molecule has 4 heterocycles. The van der Waals surface area contributed by atoms with Crippen molar-refractivity contribution in [1.29, 1.82) is 0 Å². The standard InChI is InChI=1S/C20H21ClN6O2/c1-20(2,3)29-19(28)27(5)18-15-16(26(4)10-22-15)11-9-13(24-17(11)25-18)12-7-6-8-14(21)23-12/h6-10H,1-5H3,(H,24,25). The molecule has 0 aliphatic heterocycles. The van der Waals surface area contributed by atoms with E-state index in [4.69, 9.17) is 16.3 Å². The number of carbonyl (C=O) groups is 1. The number of halogens is 1. The van der Waals surface area contributed by atoms with E-state index in [2.05, 4.69) is 19.9 Å². The van der Waals surface area contributed by atoms with Crippen LogP contribution >= 0.6 is 11.6 Å². The molecule has 0 spiro atoms. The third-order valence-electron chi connectivity index (χ3n) is 4.39. The van der Waals surface area contributed by atoms with Crippen LogP contribution in [0.1, 0.15) is 20.8 Å². The number of H-pyrrole nitrogens is 1. The smallest absolute Gasteiger partial charge is 0.415 e. The Morgan fingerprint density at radius 2 is 2.03 bits per heavy atom. The van der Waals surface area contributed by atoms with Gasteiger partial charge in [0.15, 0.2) is 5.82 Å². The molecule has 4 aromatic rings. The topological polar surface area (TPSA) is 88.9 Å². The van der Waals surface area contributed by atoms with E-state index in [0.717, 1.165) is 16.6 Å². The van der Waals surface area contributed by atoms with Gasteiger partial charge in [0, 0.05) is 19.5 Å². The lowest BCUT2D eigenvalue weighted by molar-refractivity contribution is 0.0589. The van der Waals surface area contributed by atoms with Crippen LogP contribution in [0.2, 0.25) is 5.15 Å². The molecule has 0 aliphatic carbocycles. The van der Waals surface area contributed by atoms with Crippen LogP contribution in [0, 0.1) is 0 Å². The summed E-state index contributed by atoms with van der Waals surface area (Å²) in [4.78, 5) is 30.7. The molecule has 4 rings (SSSR count). The molecule has 1 amide bonds. The fourth-order valence-electron chi connectivity index (χ4n) is 3.13. The molecular formula is C20H21ClN6O2. The lowest BCUT2D eigenvalue weighted by atomic mass is 10.2. The number of rotatable bonds is 2. The fraction of sp³-hybridized carbons (Fsp3) is 0.300. The van der Waals surface area contributed by atoms with Gasteiger partial charge in [-0.15, -0.1) is 0 Å². The van der Waals surface area contributed by atoms with E-state index >= 15 is 0 Å². The minimum absolute atomic E-state index is 0.408. The van der Waals surface area contributed by atoms with E-state index in [1.807, 2.05) is 50.6 Å². The monoisotopic (exact) mass is 412 g/mol. The zero-order valence-corrected chi connectivity index (χ0v) is 17.6. The average molecular weight is 413 g/mol. The molecule has 9 heteroatoms. The number of amides is 1. The molecule has 0 radical (unpaired) electrons. The second-order valence-corrected chi connectivity index (χ2v) is 8.21. The summed E-state index contributed by atoms with van der Waals surface area (Å²) in [6.07, 6.45) is 1.20. The van der Waals surface area contributed by atoms with Crippen LogP contribution in [0.5, 0.6) is 0 Å². The van der Waals surface area contributed by atoms with Crippen molar-refractivity contribution in [2.24, 2.45) is 7.05 Å². The van der Waals surface area contributed by atoms with Crippen molar-refractivity contribution in [3.05, 3.63) is 35.7 Å². The van der Waals surface area contributed by atoms with Crippen LogP contribution in [-0.2, 0) is 11.8 Å². The molecule has 1 N–H and O–H groups in total. The van der Waals surface area contributed by atoms with Crippen molar-refractivity contribution < 1.29 is 9.53 Å². The summed E-state index contributed by atoms with van der Waals surface area (Å²) in [6, 6.07) is 7.39. The summed E-state index contributed by atoms with van der Waals surface area (Å²) in [5, 5.41) is 1.28. The number of fused-ring (bicyclic) bond motifs is 3. The normalized spacial score (nSPS) is 11.9. The first-order valence-electron chi connectivity index (χ1n) is 9.07. The minimum Gasteiger partial charge on any atom is -0.443 e. The highest BCUT2D eigenvalue weighted by Crippen LogP contribution is 2.33. The Hall–Kier alpha value is -3.13. The number of hydrogen-bond donors (Lipinski definition) is 1. The number of nitrogens with one attached hydrogen (secondary N) is 1. The maximum Gasteiger partial charge on any atom is 0.415 e. The van der Waals surface area contributed by atoms with Crippen LogP contribution < -0.4 is 4.90 Å². The van der Waals surface area contributed by atoms with Gasteiger partial charge in [-0.25, -0.2) is 19.7 Å². The summed E-state index contributed by atoms with van der Waals surface area (Å²) in [7, 11) is 3.52. The summed E-state index contributed by atoms with van der Waals surface area (Å²) in [5.74, 6) is 0.412. The Balaban J connectivity index is 1.89. The number of hydrogen-bond acceptors (Lipinski definition) is 5. The molecule has 0 saturated carbocycles. The highest BCUT2D eigenvalue weighted by molar-refractivity contribution is 6.29. The molecule has 0 fully saturated rings. The van der Waals surface area contributed by atoms with Gasteiger partial charge in [-0.2, -0.15) is 0 Å². The molecule has 0 bridgehead atoms. The molecule has 0 unspecified atom stereocenters. The summed E-state index contributed by atoms with van der Waals surface area (Å²) >= 11 is 6.04. The highest BCUT2D eigenvalue weighted by atomic mass is 35.5. The van der Waals surface area contributed by atoms with Crippen LogP contribution in [0.4, 0.5) is 10.6 Å². The third-order valence-corrected chi connectivity index (χ3v) is 4.61. The summed E-state index contributed by atoms with van der Waals surface area (Å²) < 4.78 is 7.38. The zero-order valence-electron chi connectivity index (χ0n) is 16.8. The first-order valence-corrected chi connectivity index (χ1v) is 9.45. The first kappa shape index (κ1) is 19.2. The van der Waals surface area contributed by atoms with Crippen molar-refractivity contribution in [3.63, 3.8) is 0 Å². The first-order chi connectivity index (χ1) is 13.6. The van der Waals surface area contributed by atoms with Crippen LogP contribution in [0.3, 0.4) is 0 Å². The minimum atomic E-state index is -0.615. The van der Waals surface area contributed by atoms with Gasteiger partial charge in [0.05, 0.1) is 23.2 Å². The lowest BCUT2D eigenvalue weighted by Gasteiger charge is -2.24. The van der Waals surface area contributed by atoms with Gasteiger partial charge < -0.3 is 14.3 Å². The maximum atomic E-state index is 12.6. The Morgan fingerprint density at radius 3 is 2.72 bits per heavy atom. The Labute approximate surface area is 172 Å². The number of aromatic amines is 1. The Bertz CT molecular complexity index is 1240. The van der Waals surface area contributed by atoms with Crippen molar-refractivity contribution in [2.45, 2.75) is 26.4 Å². The molecule has 0 aromatic carbocycles. The molecule has 0 saturated heterocycles. The van der Waals surface area contributed by atoms with Gasteiger partial charge in [0.25, 0.3) is 0 Å². The van der Waals surface area contributed by atoms with Gasteiger partial charge in [0.2, 0.25) is 0 Å². The number of nitrogens with zero attached hydrogens (tertiary/aromatic N) is 5. The van der Waals surface area contributed by atoms with Crippen molar-refractivity contribution in [1.82, 2.24) is 24.5 Å². The quantitative estimate of drug-likeness (QED) is 0.488. The molecular weight excluding hydrogens is 392 g/mol. The van der Waals surface area contributed by atoms with Crippen molar-refractivity contribution in [3.8, 4) is 11.4 Å². The Morgan fingerprint density at radius 1 is 1.28 bits per heavy atom. The average Bonchev–Trinajstić information content (AvgIpc) is 3.22. The second kappa shape index (κ2) is 6.73. The predicted octanol–water partition coefficient (Wildman–Crippen LogP) is 4.54. The Kier molecular flexibility index (Phi) is 4.46. The SMILES string of the molecule is CN(C(=O)OC(C)(C)C)c1nc2[nH]c(-c3cccc(Cl)n3)cc2c2c1ncn2C. The van der Waals surface area contributed by atoms with E-state index in [-0.39, 0.29) is 0 Å². The molecule has 8 nitrogen and oxygen atoms in total. The van der Waals surface area contributed by atoms with E-state index < -0.39 is 11.7 Å². The molecule has 150 valence electrons. The lowest BCUT2D eigenvalue weighted by Crippen LogP contribution is -2.34. The predicted molar refractivity (Wildman–Crippen MR) is 113 cm³/mol. The summed E-state index contributed by atoms with van der Waals surface area (Å²) in [5.41, 5.74) is 2.94. The van der Waals surface area contributed by atoms with Crippen LogP contribution in [0.25, 0.3) is 33.5 Å². The van der Waals surface area contributed by atoms with Crippen LogP contribution in [-0.4, -0.2) is 43.2 Å². The largest absolute Gasteiger partial charge is 0.443 e. The van der Waals surface area contributed by atoms with Crippen molar-refractivity contribution in [2.75, 3.05) is 11.9 Å². The number of anilines is 1. The van der Waals surface area contributed by atoms with Gasteiger partial charge in [0.1, 0.15) is 21.9 Å². The second-order valence-electron chi connectivity index (χ2n) is 7.82. The number of aromatic nitrogens is 5. The van der Waals surface area contributed by atoms with E-state index in [1.54, 1.807) is 19.4 Å². The van der Waals surface area contributed by atoms with Gasteiger partial charge in [-0.3, -0.25) is 4.90 Å². The number of aryl methyl sites for hydroxylation is 1. The van der Waals surface area contributed by atoms with Gasteiger partial charge >= 0.3 is 6.09 Å². The van der Waals surface area contributed by atoms with E-state index in [9.17, 15) is 4.79 Å². The number of pyridine rings is 2. The molecule has 29 heavy (non-hydrogen) atoms. The fourth-order valence-corrected chi connectivity index (χ4v) is 3.29. The third kappa shape index (κ3) is 3.51. The summed E-state index contributed by atoms with van der Waals surface area (Å²) in [6.45, 7) is 5.46. The molecule has 0 aliphatic rings. The van der Waals surface area contributed by atoms with Crippen molar-refractivity contribution >= 4 is 45.6 Å². The molecule has 4 aromatic heterocycles. The van der Waals surface area contributed by atoms with Gasteiger partial charge in [-0.05, 0) is 39.0 Å². The van der Waals surface area contributed by atoms with Gasteiger partial charge in [-0.1, -0.05) is 17.7 Å². The van der Waals surface area contributed by atoms with E-state index in [0.29, 0.717) is 27.8 Å². The molecule has 0 atom stereocenters. The number of ether oxygens (including phenoxy) is 1. The highest BCUT2D eigenvalue weighted by Gasteiger charge is 2.25. The number of carbonyl (C=O) groups excluding carboxylic acids is 1. The zero-order chi connectivity index (χ0) is 20.9. The van der Waals surface area contributed by atoms with E-state index in [1.165, 1.54) is 4.90 Å².